The summed E-state index contributed by atoms with van der Waals surface area (Å²) in [7, 11) is -3.18. The summed E-state index contributed by atoms with van der Waals surface area (Å²) < 4.78 is 30.3. The molecule has 0 aliphatic carbocycles. The lowest BCUT2D eigenvalue weighted by atomic mass is 10.1. The van der Waals surface area contributed by atoms with Gasteiger partial charge in [0.15, 0.2) is 9.84 Å². The zero-order valence-electron chi connectivity index (χ0n) is 18.7. The normalized spacial score (nSPS) is 16.6. The van der Waals surface area contributed by atoms with Gasteiger partial charge in [0.25, 0.3) is 0 Å². The van der Waals surface area contributed by atoms with Crippen LogP contribution in [0.1, 0.15) is 56.6 Å². The van der Waals surface area contributed by atoms with Gasteiger partial charge in [0.1, 0.15) is 12.6 Å². The van der Waals surface area contributed by atoms with E-state index in [9.17, 15) is 18.3 Å². The standard InChI is InChI=1S/C25H32N2O5S/c28-25(29)27-23(20-13-7-5-8-14-20)24-26-21(19-32-24)15-9-3-1-2-4-12-18-33(30,31)22-16-10-6-11-17-22/h5-8,10-11,13-14,16-17,21,23,27H,1-4,9,12,15,18-19H2,(H,28,29). The second-order valence-corrected chi connectivity index (χ2v) is 10.4. The molecule has 7 nitrogen and oxygen atoms in total. The molecular weight excluding hydrogens is 440 g/mol. The van der Waals surface area contributed by atoms with Crippen LogP contribution >= 0.6 is 0 Å². The number of carbonyl (C=O) groups is 1. The molecule has 2 atom stereocenters. The molecule has 0 radical (unpaired) electrons. The molecule has 0 fully saturated rings. The minimum Gasteiger partial charge on any atom is -0.477 e. The Morgan fingerprint density at radius 1 is 0.970 bits per heavy atom. The Hall–Kier alpha value is -2.87. The van der Waals surface area contributed by atoms with Gasteiger partial charge in [-0.1, -0.05) is 80.6 Å². The fourth-order valence-corrected chi connectivity index (χ4v) is 5.31. The molecule has 0 aromatic heterocycles. The predicted molar refractivity (Wildman–Crippen MR) is 128 cm³/mol. The monoisotopic (exact) mass is 472 g/mol. The lowest BCUT2D eigenvalue weighted by molar-refractivity contribution is 0.191. The molecule has 33 heavy (non-hydrogen) atoms. The molecule has 2 aromatic carbocycles. The number of amides is 1. The Morgan fingerprint density at radius 3 is 2.24 bits per heavy atom. The highest BCUT2D eigenvalue weighted by molar-refractivity contribution is 7.91. The van der Waals surface area contributed by atoms with Crippen molar-refractivity contribution in [2.75, 3.05) is 12.4 Å². The highest BCUT2D eigenvalue weighted by atomic mass is 32.2. The first-order valence-electron chi connectivity index (χ1n) is 11.5. The molecule has 1 heterocycles. The molecule has 1 amide bonds. The van der Waals surface area contributed by atoms with E-state index in [-0.39, 0.29) is 11.8 Å². The minimum atomic E-state index is -3.18. The fourth-order valence-electron chi connectivity index (χ4n) is 3.92. The van der Waals surface area contributed by atoms with Crippen molar-refractivity contribution in [1.29, 1.82) is 0 Å². The van der Waals surface area contributed by atoms with Crippen molar-refractivity contribution in [3.8, 4) is 0 Å². The molecule has 178 valence electrons. The van der Waals surface area contributed by atoms with Crippen LogP contribution in [0.4, 0.5) is 4.79 Å². The van der Waals surface area contributed by atoms with E-state index in [2.05, 4.69) is 10.3 Å². The summed E-state index contributed by atoms with van der Waals surface area (Å²) in [5.74, 6) is 0.620. The number of aliphatic imine (C=N–C) groups is 1. The summed E-state index contributed by atoms with van der Waals surface area (Å²) in [4.78, 5) is 16.2. The van der Waals surface area contributed by atoms with E-state index in [0.29, 0.717) is 23.8 Å². The largest absolute Gasteiger partial charge is 0.477 e. The smallest absolute Gasteiger partial charge is 0.405 e. The van der Waals surface area contributed by atoms with Gasteiger partial charge in [0.05, 0.1) is 16.7 Å². The molecule has 1 aliphatic rings. The molecule has 3 rings (SSSR count). The molecule has 1 aliphatic heterocycles. The number of benzene rings is 2. The van der Waals surface area contributed by atoms with Crippen LogP contribution in [-0.2, 0) is 14.6 Å². The van der Waals surface area contributed by atoms with E-state index in [4.69, 9.17) is 4.74 Å². The molecular formula is C25H32N2O5S. The maximum atomic E-state index is 12.3. The minimum absolute atomic E-state index is 0.0397. The van der Waals surface area contributed by atoms with Crippen molar-refractivity contribution in [1.82, 2.24) is 5.32 Å². The van der Waals surface area contributed by atoms with Gasteiger partial charge in [-0.25, -0.2) is 18.2 Å². The van der Waals surface area contributed by atoms with Gasteiger partial charge in [-0.15, -0.1) is 0 Å². The van der Waals surface area contributed by atoms with E-state index in [1.807, 2.05) is 36.4 Å². The second kappa shape index (κ2) is 12.4. The SMILES string of the molecule is O=C(O)NC(C1=NC(CCCCCCCCS(=O)(=O)c2ccccc2)CO1)c1ccccc1. The van der Waals surface area contributed by atoms with Gasteiger partial charge in [-0.3, -0.25) is 0 Å². The average Bonchev–Trinajstić information content (AvgIpc) is 3.29. The van der Waals surface area contributed by atoms with Gasteiger partial charge in [-0.2, -0.15) is 0 Å². The predicted octanol–water partition coefficient (Wildman–Crippen LogP) is 5.00. The summed E-state index contributed by atoms with van der Waals surface area (Å²) >= 11 is 0. The molecule has 0 saturated heterocycles. The van der Waals surface area contributed by atoms with E-state index in [0.717, 1.165) is 44.1 Å². The van der Waals surface area contributed by atoms with Crippen LogP contribution in [0.25, 0.3) is 0 Å². The van der Waals surface area contributed by atoms with E-state index < -0.39 is 22.0 Å². The molecule has 2 unspecified atom stereocenters. The Morgan fingerprint density at radius 2 is 1.58 bits per heavy atom. The van der Waals surface area contributed by atoms with Crippen molar-refractivity contribution in [2.45, 2.75) is 61.9 Å². The summed E-state index contributed by atoms with van der Waals surface area (Å²) in [6, 6.07) is 17.4. The third-order valence-corrected chi connectivity index (χ3v) is 7.50. The first kappa shape index (κ1) is 24.8. The molecule has 2 N–H and O–H groups in total. The maximum absolute atomic E-state index is 12.3. The fraction of sp³-hybridized carbons (Fsp3) is 0.440. The number of ether oxygens (including phenoxy) is 1. The number of nitrogens with one attached hydrogen (secondary N) is 1. The Labute approximate surface area is 195 Å². The third kappa shape index (κ3) is 7.89. The summed E-state index contributed by atoms with van der Waals surface area (Å²) in [6.45, 7) is 0.470. The molecule has 0 bridgehead atoms. The quantitative estimate of drug-likeness (QED) is 0.399. The number of unbranched alkanes of at least 4 members (excludes halogenated alkanes) is 5. The first-order chi connectivity index (χ1) is 16.0. The van der Waals surface area contributed by atoms with Gasteiger partial charge in [0, 0.05) is 0 Å². The second-order valence-electron chi connectivity index (χ2n) is 8.27. The Balaban J connectivity index is 1.34. The van der Waals surface area contributed by atoms with Gasteiger partial charge < -0.3 is 15.2 Å². The zero-order chi connectivity index (χ0) is 23.5. The zero-order valence-corrected chi connectivity index (χ0v) is 19.5. The number of sulfone groups is 1. The van der Waals surface area contributed by atoms with Crippen LogP contribution in [0.3, 0.4) is 0 Å². The third-order valence-electron chi connectivity index (χ3n) is 5.68. The van der Waals surface area contributed by atoms with Crippen molar-refractivity contribution >= 4 is 21.8 Å². The number of rotatable bonds is 13. The number of carboxylic acid groups (broad SMARTS) is 1. The topological polar surface area (TPSA) is 105 Å². The van der Waals surface area contributed by atoms with Gasteiger partial charge >= 0.3 is 6.09 Å². The molecule has 2 aromatic rings. The number of hydrogen-bond acceptors (Lipinski definition) is 5. The van der Waals surface area contributed by atoms with Crippen LogP contribution in [0.5, 0.6) is 0 Å². The van der Waals surface area contributed by atoms with Crippen LogP contribution in [0, 0.1) is 0 Å². The number of hydrogen-bond donors (Lipinski definition) is 2. The Kier molecular flexibility index (Phi) is 9.30. The van der Waals surface area contributed by atoms with Crippen molar-refractivity contribution < 1.29 is 23.1 Å². The Bertz CT molecular complexity index is 1010. The molecule has 8 heteroatoms. The van der Waals surface area contributed by atoms with Crippen molar-refractivity contribution in [2.24, 2.45) is 4.99 Å². The van der Waals surface area contributed by atoms with Crippen molar-refractivity contribution in [3.05, 3.63) is 66.2 Å². The van der Waals surface area contributed by atoms with Crippen LogP contribution < -0.4 is 5.32 Å². The van der Waals surface area contributed by atoms with Gasteiger partial charge in [0.2, 0.25) is 5.90 Å². The van der Waals surface area contributed by atoms with Crippen molar-refractivity contribution in [3.63, 3.8) is 0 Å². The highest BCUT2D eigenvalue weighted by Crippen LogP contribution is 2.22. The first-order valence-corrected chi connectivity index (χ1v) is 13.1. The van der Waals surface area contributed by atoms with E-state index in [1.165, 1.54) is 0 Å². The molecule has 0 spiro atoms. The summed E-state index contributed by atoms with van der Waals surface area (Å²) in [5, 5.41) is 11.7. The van der Waals surface area contributed by atoms with Crippen LogP contribution in [-0.4, -0.2) is 43.9 Å². The molecule has 0 saturated carbocycles. The average molecular weight is 473 g/mol. The maximum Gasteiger partial charge on any atom is 0.405 e. The van der Waals surface area contributed by atoms with Crippen LogP contribution in [0.15, 0.2) is 70.6 Å². The summed E-state index contributed by atoms with van der Waals surface area (Å²) in [5.41, 5.74) is 0.800. The lowest BCUT2D eigenvalue weighted by Crippen LogP contribution is -2.32. The highest BCUT2D eigenvalue weighted by Gasteiger charge is 2.28. The van der Waals surface area contributed by atoms with E-state index in [1.54, 1.807) is 24.3 Å². The number of nitrogens with zero attached hydrogens (tertiary/aromatic N) is 1. The summed E-state index contributed by atoms with van der Waals surface area (Å²) in [6.07, 6.45) is 5.49. The van der Waals surface area contributed by atoms with Crippen LogP contribution in [0.2, 0.25) is 0 Å². The van der Waals surface area contributed by atoms with Gasteiger partial charge in [-0.05, 0) is 30.5 Å². The van der Waals surface area contributed by atoms with E-state index >= 15 is 0 Å². The lowest BCUT2D eigenvalue weighted by Gasteiger charge is -2.16.